The highest BCUT2D eigenvalue weighted by Crippen LogP contribution is 2.31. The Hall–Kier alpha value is -3.10. The van der Waals surface area contributed by atoms with Gasteiger partial charge in [0.2, 0.25) is 6.10 Å². The van der Waals surface area contributed by atoms with Crippen molar-refractivity contribution in [3.8, 4) is 11.5 Å². The zero-order valence-electron chi connectivity index (χ0n) is 17.3. The van der Waals surface area contributed by atoms with Gasteiger partial charge in [-0.25, -0.2) is 0 Å². The van der Waals surface area contributed by atoms with Gasteiger partial charge in [0.15, 0.2) is 11.5 Å². The molecule has 8 heteroatoms. The fraction of sp³-hybridized carbons (Fsp3) is 0.391. The van der Waals surface area contributed by atoms with Crippen molar-refractivity contribution >= 4 is 17.5 Å². The molecule has 164 valence electrons. The third kappa shape index (κ3) is 5.53. The minimum absolute atomic E-state index is 0.110. The number of anilines is 1. The summed E-state index contributed by atoms with van der Waals surface area (Å²) in [6, 6.07) is 14.2. The molecule has 1 saturated heterocycles. The first kappa shape index (κ1) is 21.1. The van der Waals surface area contributed by atoms with E-state index in [0.29, 0.717) is 29.3 Å². The van der Waals surface area contributed by atoms with Crippen molar-refractivity contribution in [2.45, 2.75) is 12.5 Å². The Labute approximate surface area is 181 Å². The number of nitrogens with one attached hydrogen (secondary N) is 2. The average molecular weight is 425 g/mol. The quantitative estimate of drug-likeness (QED) is 0.659. The summed E-state index contributed by atoms with van der Waals surface area (Å²) in [4.78, 5) is 27.7. The number of hydrogen-bond acceptors (Lipinski definition) is 6. The maximum Gasteiger partial charge on any atom is 0.269 e. The predicted molar refractivity (Wildman–Crippen MR) is 116 cm³/mol. The summed E-state index contributed by atoms with van der Waals surface area (Å²) >= 11 is 0. The van der Waals surface area contributed by atoms with E-state index in [1.807, 2.05) is 12.1 Å². The molecule has 2 aliphatic heterocycles. The normalized spacial score (nSPS) is 18.3. The van der Waals surface area contributed by atoms with Crippen LogP contribution in [0.25, 0.3) is 0 Å². The molecule has 1 unspecified atom stereocenters. The zero-order chi connectivity index (χ0) is 21.5. The lowest BCUT2D eigenvalue weighted by Crippen LogP contribution is -2.40. The Morgan fingerprint density at radius 2 is 1.74 bits per heavy atom. The van der Waals surface area contributed by atoms with Crippen LogP contribution in [-0.2, 0) is 9.53 Å². The lowest BCUT2D eigenvalue weighted by Gasteiger charge is -2.26. The van der Waals surface area contributed by atoms with Gasteiger partial charge < -0.3 is 24.8 Å². The minimum atomic E-state index is -0.792. The maximum absolute atomic E-state index is 12.7. The zero-order valence-corrected chi connectivity index (χ0v) is 17.3. The van der Waals surface area contributed by atoms with Crippen molar-refractivity contribution in [3.05, 3.63) is 54.1 Å². The molecule has 0 radical (unpaired) electrons. The van der Waals surface area contributed by atoms with Crippen molar-refractivity contribution < 1.29 is 23.8 Å². The van der Waals surface area contributed by atoms with Crippen molar-refractivity contribution in [1.29, 1.82) is 0 Å². The van der Waals surface area contributed by atoms with Crippen LogP contribution in [0.1, 0.15) is 16.8 Å². The Morgan fingerprint density at radius 1 is 1.00 bits per heavy atom. The number of amides is 2. The van der Waals surface area contributed by atoms with E-state index in [0.717, 1.165) is 39.3 Å². The lowest BCUT2D eigenvalue weighted by molar-refractivity contribution is -0.125. The molecule has 2 aromatic rings. The molecule has 4 rings (SSSR count). The largest absolute Gasteiger partial charge is 0.485 e. The lowest BCUT2D eigenvalue weighted by atomic mass is 10.1. The second-order valence-electron chi connectivity index (χ2n) is 7.46. The van der Waals surface area contributed by atoms with Gasteiger partial charge in [-0.15, -0.1) is 0 Å². The van der Waals surface area contributed by atoms with Crippen LogP contribution in [0.3, 0.4) is 0 Å². The standard InChI is InChI=1S/C23H27N3O5/c27-22(24-10-5-11-26-12-14-29-15-13-26)17-6-1-2-7-18(17)25-23(28)21-16-30-19-8-3-4-9-20(19)31-21/h1-4,6-9,21H,5,10-16H2,(H,24,27)(H,25,28). The topological polar surface area (TPSA) is 89.1 Å². The molecule has 0 aromatic heterocycles. The van der Waals surface area contributed by atoms with Gasteiger partial charge in [0.25, 0.3) is 11.8 Å². The molecule has 1 atom stereocenters. The highest BCUT2D eigenvalue weighted by atomic mass is 16.6. The maximum atomic E-state index is 12.7. The first-order chi connectivity index (χ1) is 15.2. The van der Waals surface area contributed by atoms with Crippen LogP contribution < -0.4 is 20.1 Å². The van der Waals surface area contributed by atoms with Gasteiger partial charge in [0.05, 0.1) is 24.5 Å². The van der Waals surface area contributed by atoms with E-state index in [2.05, 4.69) is 15.5 Å². The van der Waals surface area contributed by atoms with E-state index in [-0.39, 0.29) is 18.4 Å². The number of ether oxygens (including phenoxy) is 3. The molecule has 2 N–H and O–H groups in total. The Kier molecular flexibility index (Phi) is 7.01. The summed E-state index contributed by atoms with van der Waals surface area (Å²) in [6.45, 7) is 4.98. The van der Waals surface area contributed by atoms with Gasteiger partial charge in [0.1, 0.15) is 6.61 Å². The molecular formula is C23H27N3O5. The number of carbonyl (C=O) groups is 2. The molecule has 31 heavy (non-hydrogen) atoms. The van der Waals surface area contributed by atoms with Crippen LogP contribution in [0, 0.1) is 0 Å². The molecule has 0 bridgehead atoms. The number of rotatable bonds is 7. The summed E-state index contributed by atoms with van der Waals surface area (Å²) in [7, 11) is 0. The fourth-order valence-electron chi connectivity index (χ4n) is 3.58. The number of hydrogen-bond donors (Lipinski definition) is 2. The minimum Gasteiger partial charge on any atom is -0.485 e. The van der Waals surface area contributed by atoms with E-state index < -0.39 is 6.10 Å². The summed E-state index contributed by atoms with van der Waals surface area (Å²) in [5.41, 5.74) is 0.861. The SMILES string of the molecule is O=C(NCCCN1CCOCC1)c1ccccc1NC(=O)C1COc2ccccc2O1. The van der Waals surface area contributed by atoms with Crippen molar-refractivity contribution in [1.82, 2.24) is 10.2 Å². The van der Waals surface area contributed by atoms with E-state index in [1.165, 1.54) is 0 Å². The number of morpholine rings is 1. The van der Waals surface area contributed by atoms with E-state index in [4.69, 9.17) is 14.2 Å². The molecule has 0 spiro atoms. The van der Waals surface area contributed by atoms with Gasteiger partial charge in [-0.3, -0.25) is 14.5 Å². The predicted octanol–water partition coefficient (Wildman–Crippen LogP) is 1.92. The van der Waals surface area contributed by atoms with Crippen molar-refractivity contribution in [2.24, 2.45) is 0 Å². The van der Waals surface area contributed by atoms with Crippen molar-refractivity contribution in [3.63, 3.8) is 0 Å². The molecule has 2 heterocycles. The molecule has 2 aromatic carbocycles. The summed E-state index contributed by atoms with van der Waals surface area (Å²) in [5, 5.41) is 5.75. The molecule has 2 amide bonds. The smallest absolute Gasteiger partial charge is 0.269 e. The molecule has 0 saturated carbocycles. The first-order valence-electron chi connectivity index (χ1n) is 10.6. The third-order valence-electron chi connectivity index (χ3n) is 5.27. The number of para-hydroxylation sites is 3. The third-order valence-corrected chi connectivity index (χ3v) is 5.27. The molecule has 0 aliphatic carbocycles. The molecule has 2 aliphatic rings. The first-order valence-corrected chi connectivity index (χ1v) is 10.6. The van der Waals surface area contributed by atoms with Crippen LogP contribution in [0.5, 0.6) is 11.5 Å². The Balaban J connectivity index is 1.30. The van der Waals surface area contributed by atoms with Gasteiger partial charge in [-0.05, 0) is 37.2 Å². The number of fused-ring (bicyclic) bond motifs is 1. The molecule has 1 fully saturated rings. The number of nitrogens with zero attached hydrogens (tertiary/aromatic N) is 1. The summed E-state index contributed by atoms with van der Waals surface area (Å²) in [5.74, 6) is 0.565. The van der Waals surface area contributed by atoms with Crippen LogP contribution in [0.15, 0.2) is 48.5 Å². The second-order valence-corrected chi connectivity index (χ2v) is 7.46. The highest BCUT2D eigenvalue weighted by molar-refractivity contribution is 6.04. The van der Waals surface area contributed by atoms with Crippen LogP contribution >= 0.6 is 0 Å². The van der Waals surface area contributed by atoms with E-state index in [9.17, 15) is 9.59 Å². The van der Waals surface area contributed by atoms with Gasteiger partial charge in [-0.1, -0.05) is 24.3 Å². The second kappa shape index (κ2) is 10.3. The molecular weight excluding hydrogens is 398 g/mol. The Bertz CT molecular complexity index is 914. The summed E-state index contributed by atoms with van der Waals surface area (Å²) in [6.07, 6.45) is 0.0620. The van der Waals surface area contributed by atoms with Crippen LogP contribution in [0.4, 0.5) is 5.69 Å². The summed E-state index contributed by atoms with van der Waals surface area (Å²) < 4.78 is 16.7. The fourth-order valence-corrected chi connectivity index (χ4v) is 3.58. The van der Waals surface area contributed by atoms with Crippen LogP contribution in [-0.4, -0.2) is 68.8 Å². The van der Waals surface area contributed by atoms with E-state index in [1.54, 1.807) is 36.4 Å². The monoisotopic (exact) mass is 425 g/mol. The van der Waals surface area contributed by atoms with Crippen LogP contribution in [0.2, 0.25) is 0 Å². The highest BCUT2D eigenvalue weighted by Gasteiger charge is 2.28. The molecule has 8 nitrogen and oxygen atoms in total. The number of benzene rings is 2. The van der Waals surface area contributed by atoms with E-state index >= 15 is 0 Å². The van der Waals surface area contributed by atoms with Gasteiger partial charge in [-0.2, -0.15) is 0 Å². The Morgan fingerprint density at radius 3 is 2.58 bits per heavy atom. The average Bonchev–Trinajstić information content (AvgIpc) is 2.82. The van der Waals surface area contributed by atoms with Gasteiger partial charge >= 0.3 is 0 Å². The van der Waals surface area contributed by atoms with Gasteiger partial charge in [0, 0.05) is 19.6 Å². The van der Waals surface area contributed by atoms with Crippen molar-refractivity contribution in [2.75, 3.05) is 51.3 Å². The number of carbonyl (C=O) groups excluding carboxylic acids is 2.